The molecule has 2 aromatic heterocycles. The zero-order chi connectivity index (χ0) is 22.6. The van der Waals surface area contributed by atoms with Gasteiger partial charge in [0.2, 0.25) is 0 Å². The maximum absolute atomic E-state index is 12.6. The van der Waals surface area contributed by atoms with Crippen molar-refractivity contribution in [2.24, 2.45) is 0 Å². The summed E-state index contributed by atoms with van der Waals surface area (Å²) in [7, 11) is -3.69. The topological polar surface area (TPSA) is 97.3 Å². The van der Waals surface area contributed by atoms with Crippen LogP contribution in [0.2, 0.25) is 0 Å². The molecule has 32 heavy (non-hydrogen) atoms. The van der Waals surface area contributed by atoms with Crippen LogP contribution in [-0.2, 0) is 16.6 Å². The summed E-state index contributed by atoms with van der Waals surface area (Å²) in [5.74, 6) is -0.366. The van der Waals surface area contributed by atoms with E-state index in [0.717, 1.165) is 16.9 Å². The van der Waals surface area contributed by atoms with Gasteiger partial charge in [0.25, 0.3) is 21.5 Å². The summed E-state index contributed by atoms with van der Waals surface area (Å²) in [6.07, 6.45) is 1.72. The molecule has 7 nitrogen and oxygen atoms in total. The number of hydrogen-bond donors (Lipinski definition) is 2. The minimum Gasteiger partial charge on any atom is -0.322 e. The van der Waals surface area contributed by atoms with E-state index in [4.69, 9.17) is 0 Å². The van der Waals surface area contributed by atoms with Gasteiger partial charge in [-0.05, 0) is 53.4 Å². The van der Waals surface area contributed by atoms with Crippen molar-refractivity contribution in [1.29, 1.82) is 0 Å². The highest BCUT2D eigenvalue weighted by molar-refractivity contribution is 7.94. The SMILES string of the molecule is O=C(Nc1ccc(Cn2ccccc2=O)cc1)c1cccc(NS(=O)(=O)c2cccs2)c1. The number of rotatable bonds is 7. The van der Waals surface area contributed by atoms with Crippen LogP contribution in [0.15, 0.2) is 99.4 Å². The Morgan fingerprint density at radius 2 is 1.72 bits per heavy atom. The Labute approximate surface area is 189 Å². The summed E-state index contributed by atoms with van der Waals surface area (Å²) in [5, 5.41) is 4.48. The molecule has 0 aliphatic heterocycles. The van der Waals surface area contributed by atoms with Crippen LogP contribution >= 0.6 is 11.3 Å². The van der Waals surface area contributed by atoms with Crippen molar-refractivity contribution in [1.82, 2.24) is 4.57 Å². The van der Waals surface area contributed by atoms with Crippen LogP contribution in [0.1, 0.15) is 15.9 Å². The summed E-state index contributed by atoms with van der Waals surface area (Å²) in [6.45, 7) is 0.431. The van der Waals surface area contributed by atoms with Crippen LogP contribution in [0.25, 0.3) is 0 Å². The molecule has 162 valence electrons. The number of amides is 1. The Morgan fingerprint density at radius 3 is 2.44 bits per heavy atom. The van der Waals surface area contributed by atoms with Crippen molar-refractivity contribution in [3.05, 3.63) is 112 Å². The lowest BCUT2D eigenvalue weighted by molar-refractivity contribution is 0.102. The number of nitrogens with zero attached hydrogens (tertiary/aromatic N) is 1. The van der Waals surface area contributed by atoms with Crippen molar-refractivity contribution in [2.75, 3.05) is 10.0 Å². The quantitative estimate of drug-likeness (QED) is 0.431. The van der Waals surface area contributed by atoms with Crippen molar-refractivity contribution in [3.63, 3.8) is 0 Å². The van der Waals surface area contributed by atoms with Gasteiger partial charge in [0, 0.05) is 29.2 Å². The predicted molar refractivity (Wildman–Crippen MR) is 126 cm³/mol. The minimum absolute atomic E-state index is 0.0838. The van der Waals surface area contributed by atoms with Gasteiger partial charge < -0.3 is 9.88 Å². The lowest BCUT2D eigenvalue weighted by atomic mass is 10.1. The van der Waals surface area contributed by atoms with E-state index in [0.29, 0.717) is 23.5 Å². The van der Waals surface area contributed by atoms with E-state index in [1.807, 2.05) is 12.1 Å². The fourth-order valence-electron chi connectivity index (χ4n) is 3.03. The van der Waals surface area contributed by atoms with Crippen molar-refractivity contribution in [3.8, 4) is 0 Å². The van der Waals surface area contributed by atoms with Crippen LogP contribution in [0.4, 0.5) is 11.4 Å². The number of aromatic nitrogens is 1. The molecule has 9 heteroatoms. The maximum Gasteiger partial charge on any atom is 0.271 e. The zero-order valence-electron chi connectivity index (χ0n) is 16.8. The summed E-state index contributed by atoms with van der Waals surface area (Å²) < 4.78 is 29.1. The molecule has 0 aliphatic rings. The lowest BCUT2D eigenvalue weighted by Gasteiger charge is -2.10. The van der Waals surface area contributed by atoms with Gasteiger partial charge in [-0.2, -0.15) is 0 Å². The molecular formula is C23H19N3O4S2. The molecule has 1 amide bonds. The molecule has 0 bridgehead atoms. The van der Waals surface area contributed by atoms with Crippen LogP contribution in [-0.4, -0.2) is 18.9 Å². The molecule has 0 unspecified atom stereocenters. The van der Waals surface area contributed by atoms with Gasteiger partial charge >= 0.3 is 0 Å². The number of thiophene rings is 1. The van der Waals surface area contributed by atoms with E-state index in [-0.39, 0.29) is 15.7 Å². The Kier molecular flexibility index (Phi) is 6.20. The van der Waals surface area contributed by atoms with E-state index in [1.54, 1.807) is 64.7 Å². The number of carbonyl (C=O) groups excluding carboxylic acids is 1. The first-order valence-electron chi connectivity index (χ1n) is 9.63. The van der Waals surface area contributed by atoms with Crippen molar-refractivity contribution in [2.45, 2.75) is 10.8 Å². The highest BCUT2D eigenvalue weighted by Gasteiger charge is 2.16. The molecule has 0 spiro atoms. The van der Waals surface area contributed by atoms with Gasteiger partial charge in [0.05, 0.1) is 6.54 Å². The summed E-state index contributed by atoms with van der Waals surface area (Å²) in [5.41, 5.74) is 2.04. The van der Waals surface area contributed by atoms with Gasteiger partial charge in [-0.15, -0.1) is 11.3 Å². The van der Waals surface area contributed by atoms with Gasteiger partial charge in [-0.3, -0.25) is 14.3 Å². The van der Waals surface area contributed by atoms with E-state index in [1.165, 1.54) is 18.2 Å². The normalized spacial score (nSPS) is 11.1. The number of anilines is 2. The van der Waals surface area contributed by atoms with Crippen LogP contribution in [0, 0.1) is 0 Å². The maximum atomic E-state index is 12.6. The molecule has 0 radical (unpaired) electrons. The average molecular weight is 466 g/mol. The highest BCUT2D eigenvalue weighted by Crippen LogP contribution is 2.21. The Bertz CT molecular complexity index is 1390. The lowest BCUT2D eigenvalue weighted by Crippen LogP contribution is -2.18. The number of hydrogen-bond acceptors (Lipinski definition) is 5. The third-order valence-electron chi connectivity index (χ3n) is 4.60. The van der Waals surface area contributed by atoms with Crippen LogP contribution in [0.5, 0.6) is 0 Å². The monoisotopic (exact) mass is 465 g/mol. The molecule has 2 N–H and O–H groups in total. The number of sulfonamides is 1. The summed E-state index contributed by atoms with van der Waals surface area (Å²) in [6, 6.07) is 21.6. The summed E-state index contributed by atoms with van der Waals surface area (Å²) >= 11 is 1.12. The van der Waals surface area contributed by atoms with Gasteiger partial charge in [-0.25, -0.2) is 8.42 Å². The number of nitrogens with one attached hydrogen (secondary N) is 2. The second-order valence-electron chi connectivity index (χ2n) is 6.94. The average Bonchev–Trinajstić information content (AvgIpc) is 3.33. The fraction of sp³-hybridized carbons (Fsp3) is 0.0435. The molecule has 0 aliphatic carbocycles. The molecular weight excluding hydrogens is 446 g/mol. The Morgan fingerprint density at radius 1 is 0.906 bits per heavy atom. The summed E-state index contributed by atoms with van der Waals surface area (Å²) in [4.78, 5) is 24.5. The van der Waals surface area contributed by atoms with E-state index in [9.17, 15) is 18.0 Å². The first-order valence-corrected chi connectivity index (χ1v) is 12.0. The van der Waals surface area contributed by atoms with Gasteiger partial charge in [-0.1, -0.05) is 30.3 Å². The predicted octanol–water partition coefficient (Wildman–Crippen LogP) is 4.01. The first-order chi connectivity index (χ1) is 15.4. The smallest absolute Gasteiger partial charge is 0.271 e. The second-order valence-corrected chi connectivity index (χ2v) is 9.79. The molecule has 0 saturated carbocycles. The number of benzene rings is 2. The van der Waals surface area contributed by atoms with Crippen molar-refractivity contribution >= 4 is 38.6 Å². The highest BCUT2D eigenvalue weighted by atomic mass is 32.2. The van der Waals surface area contributed by atoms with E-state index < -0.39 is 10.0 Å². The molecule has 4 rings (SSSR count). The third kappa shape index (κ3) is 5.13. The fourth-order valence-corrected chi connectivity index (χ4v) is 5.07. The minimum atomic E-state index is -3.69. The van der Waals surface area contributed by atoms with Crippen LogP contribution in [0.3, 0.4) is 0 Å². The molecule has 0 fully saturated rings. The first kappa shape index (κ1) is 21.5. The standard InChI is InChI=1S/C23H19N3O4S2/c27-21-7-1-2-13-26(21)16-17-9-11-19(12-10-17)24-23(28)18-5-3-6-20(15-18)25-32(29,30)22-8-4-14-31-22/h1-15,25H,16H2,(H,24,28). The number of carbonyl (C=O) groups is 1. The zero-order valence-corrected chi connectivity index (χ0v) is 18.4. The van der Waals surface area contributed by atoms with E-state index in [2.05, 4.69) is 10.0 Å². The van der Waals surface area contributed by atoms with Crippen LogP contribution < -0.4 is 15.6 Å². The molecule has 0 atom stereocenters. The molecule has 2 heterocycles. The molecule has 0 saturated heterocycles. The Balaban J connectivity index is 1.43. The van der Waals surface area contributed by atoms with E-state index >= 15 is 0 Å². The molecule has 2 aromatic carbocycles. The third-order valence-corrected chi connectivity index (χ3v) is 7.38. The second kappa shape index (κ2) is 9.21. The Hall–Kier alpha value is -3.69. The largest absolute Gasteiger partial charge is 0.322 e. The molecule has 4 aromatic rings. The van der Waals surface area contributed by atoms with Gasteiger partial charge in [0.15, 0.2) is 0 Å². The van der Waals surface area contributed by atoms with Gasteiger partial charge in [0.1, 0.15) is 4.21 Å². The number of pyridine rings is 1. The van der Waals surface area contributed by atoms with Crippen molar-refractivity contribution < 1.29 is 13.2 Å².